The lowest BCUT2D eigenvalue weighted by Crippen LogP contribution is -2.08. The highest BCUT2D eigenvalue weighted by molar-refractivity contribution is 6.01. The van der Waals surface area contributed by atoms with E-state index in [-0.39, 0.29) is 12.3 Å². The van der Waals surface area contributed by atoms with Crippen molar-refractivity contribution in [1.29, 1.82) is 0 Å². The highest BCUT2D eigenvalue weighted by atomic mass is 19.1. The van der Waals surface area contributed by atoms with Crippen molar-refractivity contribution in [2.45, 2.75) is 20.5 Å². The van der Waals surface area contributed by atoms with Crippen molar-refractivity contribution < 1.29 is 27.6 Å². The molecule has 0 aliphatic heterocycles. The van der Waals surface area contributed by atoms with E-state index in [0.717, 1.165) is 29.5 Å². The number of rotatable bonds is 7. The van der Waals surface area contributed by atoms with Crippen molar-refractivity contribution in [1.82, 2.24) is 5.16 Å². The summed E-state index contributed by atoms with van der Waals surface area (Å²) in [6, 6.07) is 7.96. The number of aryl methyl sites for hydroxylation is 2. The molecule has 1 N–H and O–H groups in total. The molecule has 0 unspecified atom stereocenters. The van der Waals surface area contributed by atoms with Crippen LogP contribution in [0.3, 0.4) is 0 Å². The third-order valence-corrected chi connectivity index (χ3v) is 4.30. The van der Waals surface area contributed by atoms with E-state index >= 15 is 0 Å². The molecule has 156 valence electrons. The van der Waals surface area contributed by atoms with Crippen LogP contribution in [0.4, 0.5) is 14.5 Å². The number of hydrogen-bond donors (Lipinski definition) is 1. The molecular formula is C22H20F2N2O4. The summed E-state index contributed by atoms with van der Waals surface area (Å²) in [5.74, 6) is -0.379. The number of halogens is 2. The van der Waals surface area contributed by atoms with Crippen LogP contribution < -0.4 is 14.8 Å². The van der Waals surface area contributed by atoms with Crippen molar-refractivity contribution >= 4 is 17.7 Å². The minimum Gasteiger partial charge on any atom is -0.493 e. The van der Waals surface area contributed by atoms with Gasteiger partial charge in [0, 0.05) is 17.8 Å². The van der Waals surface area contributed by atoms with Gasteiger partial charge in [0.2, 0.25) is 5.91 Å². The number of carbonyl (C=O) groups excluding carboxylic acids is 1. The first-order chi connectivity index (χ1) is 14.4. The summed E-state index contributed by atoms with van der Waals surface area (Å²) in [6.45, 7) is 3.93. The van der Waals surface area contributed by atoms with Gasteiger partial charge in [-0.2, -0.15) is 0 Å². The second-order valence-electron chi connectivity index (χ2n) is 6.48. The number of benzene rings is 2. The van der Waals surface area contributed by atoms with Gasteiger partial charge in [-0.05, 0) is 49.8 Å². The van der Waals surface area contributed by atoms with Crippen LogP contribution >= 0.6 is 0 Å². The third-order valence-electron chi connectivity index (χ3n) is 4.30. The molecule has 3 aromatic rings. The first-order valence-corrected chi connectivity index (χ1v) is 9.03. The highest BCUT2D eigenvalue weighted by Gasteiger charge is 2.12. The van der Waals surface area contributed by atoms with Crippen molar-refractivity contribution in [3.63, 3.8) is 0 Å². The van der Waals surface area contributed by atoms with Gasteiger partial charge >= 0.3 is 0 Å². The van der Waals surface area contributed by atoms with E-state index < -0.39 is 17.5 Å². The fourth-order valence-electron chi connectivity index (χ4n) is 2.75. The zero-order valence-corrected chi connectivity index (χ0v) is 16.7. The highest BCUT2D eigenvalue weighted by Crippen LogP contribution is 2.30. The Labute approximate surface area is 172 Å². The van der Waals surface area contributed by atoms with Gasteiger partial charge in [0.25, 0.3) is 0 Å². The number of hydrogen-bond acceptors (Lipinski definition) is 5. The van der Waals surface area contributed by atoms with Crippen LogP contribution in [0.2, 0.25) is 0 Å². The lowest BCUT2D eigenvalue weighted by atomic mass is 10.1. The predicted molar refractivity (Wildman–Crippen MR) is 107 cm³/mol. The topological polar surface area (TPSA) is 73.6 Å². The SMILES string of the molecule is COc1cc(/C=C/C(=O)Nc2cc(F)cc(F)c2)ccc1OCc1c(C)noc1C. The summed E-state index contributed by atoms with van der Waals surface area (Å²) in [7, 11) is 1.51. The number of methoxy groups -OCH3 is 1. The standard InChI is InChI=1S/C22H20F2N2O4/c1-13-19(14(2)30-26-13)12-29-20-6-4-15(8-21(20)28-3)5-7-22(27)25-18-10-16(23)9-17(24)11-18/h4-11H,12H2,1-3H3,(H,25,27)/b7-5+. The van der Waals surface area contributed by atoms with E-state index in [4.69, 9.17) is 14.0 Å². The molecule has 0 atom stereocenters. The Hall–Kier alpha value is -3.68. The molecule has 8 heteroatoms. The van der Waals surface area contributed by atoms with Crippen molar-refractivity contribution in [3.8, 4) is 11.5 Å². The molecule has 0 saturated heterocycles. The summed E-state index contributed by atoms with van der Waals surface area (Å²) < 4.78 is 42.7. The first kappa shape index (κ1) is 21.0. The average molecular weight is 414 g/mol. The van der Waals surface area contributed by atoms with Crippen LogP contribution in [-0.2, 0) is 11.4 Å². The Morgan fingerprint density at radius 2 is 1.87 bits per heavy atom. The molecule has 0 aliphatic carbocycles. The zero-order valence-electron chi connectivity index (χ0n) is 16.7. The minimum absolute atomic E-state index is 0.0304. The van der Waals surface area contributed by atoms with E-state index in [2.05, 4.69) is 10.5 Å². The molecular weight excluding hydrogens is 394 g/mol. The van der Waals surface area contributed by atoms with Gasteiger partial charge in [-0.1, -0.05) is 11.2 Å². The number of carbonyl (C=O) groups is 1. The quantitative estimate of drug-likeness (QED) is 0.562. The second kappa shape index (κ2) is 9.21. The normalized spacial score (nSPS) is 11.0. The molecule has 30 heavy (non-hydrogen) atoms. The maximum Gasteiger partial charge on any atom is 0.248 e. The lowest BCUT2D eigenvalue weighted by molar-refractivity contribution is -0.111. The van der Waals surface area contributed by atoms with Crippen molar-refractivity contribution in [2.75, 3.05) is 12.4 Å². The molecule has 1 aromatic heterocycles. The van der Waals surface area contributed by atoms with Crippen LogP contribution in [-0.4, -0.2) is 18.2 Å². The van der Waals surface area contributed by atoms with Gasteiger partial charge in [0.05, 0.1) is 18.4 Å². The molecule has 0 aliphatic rings. The predicted octanol–water partition coefficient (Wildman–Crippen LogP) is 4.81. The van der Waals surface area contributed by atoms with Crippen LogP contribution in [0.25, 0.3) is 6.08 Å². The van der Waals surface area contributed by atoms with Gasteiger partial charge in [-0.25, -0.2) is 8.78 Å². The summed E-state index contributed by atoms with van der Waals surface area (Å²) in [4.78, 5) is 12.0. The maximum absolute atomic E-state index is 13.2. The Balaban J connectivity index is 1.67. The Kier molecular flexibility index (Phi) is 6.46. The largest absolute Gasteiger partial charge is 0.493 e. The zero-order chi connectivity index (χ0) is 21.7. The first-order valence-electron chi connectivity index (χ1n) is 9.03. The number of ether oxygens (including phenoxy) is 2. The summed E-state index contributed by atoms with van der Waals surface area (Å²) >= 11 is 0. The van der Waals surface area contributed by atoms with E-state index in [1.807, 2.05) is 13.8 Å². The molecule has 0 saturated carbocycles. The van der Waals surface area contributed by atoms with E-state index in [1.165, 1.54) is 13.2 Å². The Morgan fingerprint density at radius 1 is 1.13 bits per heavy atom. The van der Waals surface area contributed by atoms with Crippen molar-refractivity contribution in [2.24, 2.45) is 0 Å². The van der Waals surface area contributed by atoms with Gasteiger partial charge < -0.3 is 19.3 Å². The molecule has 3 rings (SSSR count). The van der Waals surface area contributed by atoms with Crippen LogP contribution in [0.15, 0.2) is 47.0 Å². The Bertz CT molecular complexity index is 1050. The van der Waals surface area contributed by atoms with E-state index in [9.17, 15) is 13.6 Å². The monoisotopic (exact) mass is 414 g/mol. The molecule has 1 heterocycles. The number of amides is 1. The lowest BCUT2D eigenvalue weighted by Gasteiger charge is -2.11. The summed E-state index contributed by atoms with van der Waals surface area (Å²) in [5, 5.41) is 6.29. The maximum atomic E-state index is 13.2. The minimum atomic E-state index is -0.772. The van der Waals surface area contributed by atoms with E-state index in [0.29, 0.717) is 22.8 Å². The number of nitrogens with one attached hydrogen (secondary N) is 1. The van der Waals surface area contributed by atoms with Gasteiger partial charge in [-0.3, -0.25) is 4.79 Å². The molecule has 0 bridgehead atoms. The van der Waals surface area contributed by atoms with Gasteiger partial charge in [0.1, 0.15) is 24.0 Å². The summed E-state index contributed by atoms with van der Waals surface area (Å²) in [5.41, 5.74) is 2.33. The smallest absolute Gasteiger partial charge is 0.248 e. The molecule has 6 nitrogen and oxygen atoms in total. The van der Waals surface area contributed by atoms with Crippen LogP contribution in [0.1, 0.15) is 22.6 Å². The Morgan fingerprint density at radius 3 is 2.50 bits per heavy atom. The van der Waals surface area contributed by atoms with Gasteiger partial charge in [0.15, 0.2) is 11.5 Å². The molecule has 0 fully saturated rings. The van der Waals surface area contributed by atoms with Gasteiger partial charge in [-0.15, -0.1) is 0 Å². The fraction of sp³-hybridized carbons (Fsp3) is 0.182. The molecule has 0 radical (unpaired) electrons. The molecule has 1 amide bonds. The van der Waals surface area contributed by atoms with Crippen LogP contribution in [0.5, 0.6) is 11.5 Å². The average Bonchev–Trinajstić information content (AvgIpc) is 3.01. The molecule has 2 aromatic carbocycles. The van der Waals surface area contributed by atoms with Crippen LogP contribution in [0, 0.1) is 25.5 Å². The van der Waals surface area contributed by atoms with Crippen molar-refractivity contribution in [3.05, 3.63) is 76.7 Å². The number of anilines is 1. The summed E-state index contributed by atoms with van der Waals surface area (Å²) in [6.07, 6.45) is 2.80. The van der Waals surface area contributed by atoms with E-state index in [1.54, 1.807) is 24.3 Å². The fourth-order valence-corrected chi connectivity index (χ4v) is 2.75. The number of nitrogens with zero attached hydrogens (tertiary/aromatic N) is 1. The third kappa shape index (κ3) is 5.22. The number of aromatic nitrogens is 1. The molecule has 0 spiro atoms. The second-order valence-corrected chi connectivity index (χ2v) is 6.48.